The molecule has 2 unspecified atom stereocenters. The van der Waals surface area contributed by atoms with E-state index in [-0.39, 0.29) is 17.6 Å². The SMILES string of the molecule is Cc1nc2nc(C3CCOC(c4ccc(=O)n(C)c4)C3)nc(C34CCC(C(C)(F)F)(CC3)C4)c2nc1C. The van der Waals surface area contributed by atoms with Crippen LogP contribution in [-0.4, -0.2) is 37.0 Å². The topological polar surface area (TPSA) is 82.8 Å². The summed E-state index contributed by atoms with van der Waals surface area (Å²) in [5.74, 6) is -2.00. The molecule has 0 radical (unpaired) electrons. The zero-order chi connectivity index (χ0) is 26.2. The third-order valence-electron chi connectivity index (χ3n) is 9.36. The normalized spacial score (nSPS) is 29.8. The number of hydrogen-bond donors (Lipinski definition) is 0. The molecule has 1 saturated heterocycles. The number of pyridine rings is 1. The van der Waals surface area contributed by atoms with Gasteiger partial charge in [-0.25, -0.2) is 28.7 Å². The fourth-order valence-electron chi connectivity index (χ4n) is 6.87. The van der Waals surface area contributed by atoms with Gasteiger partial charge in [0.1, 0.15) is 11.3 Å². The summed E-state index contributed by atoms with van der Waals surface area (Å²) in [7, 11) is 1.73. The summed E-state index contributed by atoms with van der Waals surface area (Å²) in [6.07, 6.45) is 5.88. The van der Waals surface area contributed by atoms with Crippen molar-refractivity contribution in [3.63, 3.8) is 0 Å². The van der Waals surface area contributed by atoms with Crippen molar-refractivity contribution in [2.24, 2.45) is 12.5 Å². The molecule has 0 aromatic carbocycles. The van der Waals surface area contributed by atoms with E-state index in [1.807, 2.05) is 26.1 Å². The highest BCUT2D eigenvalue weighted by molar-refractivity contribution is 5.74. The van der Waals surface area contributed by atoms with Crippen molar-refractivity contribution in [3.8, 4) is 0 Å². The number of rotatable bonds is 4. The predicted octanol–water partition coefficient (Wildman–Crippen LogP) is 5.23. The van der Waals surface area contributed by atoms with Crippen molar-refractivity contribution in [1.29, 1.82) is 0 Å². The van der Waals surface area contributed by atoms with Gasteiger partial charge in [-0.05, 0) is 77.3 Å². The standard InChI is InChI=1S/C28H33F2N5O2/c1-16-17(2)32-25-22(31-16)23(27-8-10-28(15-27,11-9-27)26(3,29)30)33-24(34-25)18-7-12-37-20(13-18)19-5-6-21(36)35(4)14-19/h5-6,14,18,20H,7-13,15H2,1-4H3. The maximum absolute atomic E-state index is 14.8. The highest BCUT2D eigenvalue weighted by atomic mass is 19.3. The Bertz CT molecular complexity index is 1440. The zero-order valence-corrected chi connectivity index (χ0v) is 21.9. The minimum atomic E-state index is -2.72. The molecule has 1 aliphatic heterocycles. The molecule has 2 aliphatic carbocycles. The molecule has 6 rings (SSSR count). The second-order valence-corrected chi connectivity index (χ2v) is 11.6. The molecule has 3 aromatic rings. The number of nitrogens with zero attached hydrogens (tertiary/aromatic N) is 5. The van der Waals surface area contributed by atoms with Crippen LogP contribution in [0.2, 0.25) is 0 Å². The van der Waals surface area contributed by atoms with E-state index in [0.717, 1.165) is 36.0 Å². The molecule has 9 heteroatoms. The Morgan fingerprint density at radius 2 is 1.78 bits per heavy atom. The fraction of sp³-hybridized carbons (Fsp3) is 0.607. The van der Waals surface area contributed by atoms with Crippen molar-refractivity contribution >= 4 is 11.2 Å². The zero-order valence-electron chi connectivity index (χ0n) is 21.9. The second kappa shape index (κ2) is 8.35. The van der Waals surface area contributed by atoms with Gasteiger partial charge in [-0.3, -0.25) is 4.79 Å². The van der Waals surface area contributed by atoms with Crippen molar-refractivity contribution in [2.75, 3.05) is 6.61 Å². The van der Waals surface area contributed by atoms with Crippen molar-refractivity contribution < 1.29 is 13.5 Å². The summed E-state index contributed by atoms with van der Waals surface area (Å²) in [5, 5.41) is 0. The Morgan fingerprint density at radius 3 is 2.46 bits per heavy atom. The number of halogens is 2. The molecule has 2 atom stereocenters. The van der Waals surface area contributed by atoms with Crippen molar-refractivity contribution in [3.05, 3.63) is 57.2 Å². The molecular formula is C28H33F2N5O2. The highest BCUT2D eigenvalue weighted by Gasteiger charge is 2.64. The Morgan fingerprint density at radius 1 is 1.05 bits per heavy atom. The summed E-state index contributed by atoms with van der Waals surface area (Å²) in [4.78, 5) is 31.5. The van der Waals surface area contributed by atoms with E-state index in [1.54, 1.807) is 17.7 Å². The van der Waals surface area contributed by atoms with E-state index < -0.39 is 16.8 Å². The summed E-state index contributed by atoms with van der Waals surface area (Å²) in [6.45, 7) is 5.46. The molecule has 4 heterocycles. The predicted molar refractivity (Wildman–Crippen MR) is 135 cm³/mol. The van der Waals surface area contributed by atoms with Gasteiger partial charge in [-0.15, -0.1) is 0 Å². The minimum Gasteiger partial charge on any atom is -0.373 e. The van der Waals surface area contributed by atoms with Crippen LogP contribution < -0.4 is 5.56 Å². The van der Waals surface area contributed by atoms with Gasteiger partial charge in [0.05, 0.1) is 23.2 Å². The average Bonchev–Trinajstić information content (AvgIpc) is 3.45. The van der Waals surface area contributed by atoms with E-state index in [0.29, 0.717) is 62.1 Å². The first-order chi connectivity index (χ1) is 17.5. The van der Waals surface area contributed by atoms with Crippen LogP contribution in [0.3, 0.4) is 0 Å². The van der Waals surface area contributed by atoms with Gasteiger partial charge in [-0.2, -0.15) is 0 Å². The van der Waals surface area contributed by atoms with Crippen LogP contribution in [0.4, 0.5) is 8.78 Å². The third-order valence-corrected chi connectivity index (χ3v) is 9.36. The molecule has 196 valence electrons. The highest BCUT2D eigenvalue weighted by Crippen LogP contribution is 2.67. The lowest BCUT2D eigenvalue weighted by Gasteiger charge is -2.33. The minimum absolute atomic E-state index is 0.0270. The summed E-state index contributed by atoms with van der Waals surface area (Å²) >= 11 is 0. The molecule has 3 fully saturated rings. The van der Waals surface area contributed by atoms with Gasteiger partial charge >= 0.3 is 0 Å². The van der Waals surface area contributed by atoms with Crippen LogP contribution >= 0.6 is 0 Å². The molecule has 0 spiro atoms. The Kier molecular flexibility index (Phi) is 5.53. The van der Waals surface area contributed by atoms with Crippen LogP contribution in [0.25, 0.3) is 11.2 Å². The largest absolute Gasteiger partial charge is 0.373 e. The molecule has 3 aromatic heterocycles. The molecule has 3 aliphatic rings. The third kappa shape index (κ3) is 3.88. The van der Waals surface area contributed by atoms with Crippen LogP contribution in [0.15, 0.2) is 23.1 Å². The molecular weight excluding hydrogens is 476 g/mol. The quantitative estimate of drug-likeness (QED) is 0.479. The van der Waals surface area contributed by atoms with Crippen LogP contribution in [-0.2, 0) is 17.2 Å². The van der Waals surface area contributed by atoms with E-state index in [2.05, 4.69) is 0 Å². The molecule has 2 bridgehead atoms. The van der Waals surface area contributed by atoms with Crippen LogP contribution in [0.5, 0.6) is 0 Å². The van der Waals surface area contributed by atoms with E-state index in [1.165, 1.54) is 0 Å². The van der Waals surface area contributed by atoms with Gasteiger partial charge in [0.25, 0.3) is 5.92 Å². The van der Waals surface area contributed by atoms with E-state index >= 15 is 0 Å². The molecule has 37 heavy (non-hydrogen) atoms. The maximum Gasteiger partial charge on any atom is 0.250 e. The molecule has 2 saturated carbocycles. The first-order valence-corrected chi connectivity index (χ1v) is 13.2. The van der Waals surface area contributed by atoms with Gasteiger partial charge in [0.15, 0.2) is 5.65 Å². The number of ether oxygens (including phenoxy) is 1. The number of hydrogen-bond acceptors (Lipinski definition) is 6. The Hall–Kier alpha value is -2.81. The number of aryl methyl sites for hydroxylation is 3. The first-order valence-electron chi connectivity index (χ1n) is 13.2. The smallest absolute Gasteiger partial charge is 0.250 e. The second-order valence-electron chi connectivity index (χ2n) is 11.6. The van der Waals surface area contributed by atoms with Crippen LogP contribution in [0.1, 0.15) is 92.4 Å². The average molecular weight is 510 g/mol. The summed E-state index contributed by atoms with van der Waals surface area (Å²) < 4.78 is 37.2. The number of fused-ring (bicyclic) bond motifs is 3. The number of alkyl halides is 2. The Balaban J connectivity index is 1.43. The lowest BCUT2D eigenvalue weighted by atomic mass is 9.77. The lowest BCUT2D eigenvalue weighted by molar-refractivity contribution is -0.102. The maximum atomic E-state index is 14.8. The monoisotopic (exact) mass is 509 g/mol. The molecule has 0 N–H and O–H groups in total. The first kappa shape index (κ1) is 24.5. The lowest BCUT2D eigenvalue weighted by Crippen LogP contribution is -2.34. The van der Waals surface area contributed by atoms with Gasteiger partial charge in [0, 0.05) is 42.7 Å². The summed E-state index contributed by atoms with van der Waals surface area (Å²) in [5.41, 5.74) is 3.12. The van der Waals surface area contributed by atoms with E-state index in [4.69, 9.17) is 24.7 Å². The molecule has 0 amide bonds. The molecule has 7 nitrogen and oxygen atoms in total. The Labute approximate surface area is 214 Å². The summed E-state index contributed by atoms with van der Waals surface area (Å²) in [6, 6.07) is 3.38. The van der Waals surface area contributed by atoms with Gasteiger partial charge in [-0.1, -0.05) is 0 Å². The van der Waals surface area contributed by atoms with Gasteiger partial charge in [0.2, 0.25) is 5.56 Å². The van der Waals surface area contributed by atoms with Crippen LogP contribution in [0, 0.1) is 19.3 Å². The van der Waals surface area contributed by atoms with Gasteiger partial charge < -0.3 is 9.30 Å². The van der Waals surface area contributed by atoms with E-state index in [9.17, 15) is 13.6 Å². The number of aromatic nitrogens is 5. The fourth-order valence-corrected chi connectivity index (χ4v) is 6.87. The van der Waals surface area contributed by atoms with Crippen molar-refractivity contribution in [2.45, 2.75) is 89.1 Å². The van der Waals surface area contributed by atoms with Crippen molar-refractivity contribution in [1.82, 2.24) is 24.5 Å².